The molecule has 0 spiro atoms. The predicted molar refractivity (Wildman–Crippen MR) is 69.0 cm³/mol. The number of benzene rings is 1. The quantitative estimate of drug-likeness (QED) is 0.680. The molecule has 0 aliphatic carbocycles. The fraction of sp³-hybridized carbons (Fsp3) is 0.467. The molecule has 1 aromatic carbocycles. The molecule has 0 N–H and O–H groups in total. The molecule has 1 aliphatic heterocycles. The second kappa shape index (κ2) is 3.65. The second-order valence-corrected chi connectivity index (χ2v) is 5.44. The first-order chi connectivity index (χ1) is 7.39. The Morgan fingerprint density at radius 2 is 1.88 bits per heavy atom. The molecule has 0 fully saturated rings. The molecule has 16 heavy (non-hydrogen) atoms. The standard InChI is InChI=1S/C15H20O/c1-10(2)12-8-11(3)13-6-7-15(4,5)16-14(13)9-12/h6-10H,1-5H3. The van der Waals surface area contributed by atoms with E-state index in [0.29, 0.717) is 5.92 Å². The van der Waals surface area contributed by atoms with Crippen LogP contribution >= 0.6 is 0 Å². The molecule has 1 aromatic rings. The van der Waals surface area contributed by atoms with Crippen molar-refractivity contribution in [3.05, 3.63) is 34.9 Å². The van der Waals surface area contributed by atoms with E-state index in [1.807, 2.05) is 0 Å². The molecule has 0 saturated heterocycles. The fourth-order valence-corrected chi connectivity index (χ4v) is 2.03. The molecule has 1 heteroatoms. The average molecular weight is 216 g/mol. The van der Waals surface area contributed by atoms with Gasteiger partial charge in [-0.1, -0.05) is 26.0 Å². The van der Waals surface area contributed by atoms with Crippen molar-refractivity contribution in [1.29, 1.82) is 0 Å². The molecule has 0 radical (unpaired) electrons. The Morgan fingerprint density at radius 1 is 1.19 bits per heavy atom. The summed E-state index contributed by atoms with van der Waals surface area (Å²) in [5.74, 6) is 1.57. The van der Waals surface area contributed by atoms with Gasteiger partial charge in [0.25, 0.3) is 0 Å². The highest BCUT2D eigenvalue weighted by molar-refractivity contribution is 5.65. The molecular formula is C15H20O. The van der Waals surface area contributed by atoms with E-state index in [1.165, 1.54) is 16.7 Å². The van der Waals surface area contributed by atoms with Crippen molar-refractivity contribution < 1.29 is 4.74 Å². The topological polar surface area (TPSA) is 9.23 Å². The lowest BCUT2D eigenvalue weighted by atomic mass is 9.94. The normalized spacial score (nSPS) is 17.1. The van der Waals surface area contributed by atoms with Crippen LogP contribution in [0.3, 0.4) is 0 Å². The maximum atomic E-state index is 6.00. The summed E-state index contributed by atoms with van der Waals surface area (Å²) in [6, 6.07) is 4.44. The van der Waals surface area contributed by atoms with Gasteiger partial charge in [-0.2, -0.15) is 0 Å². The van der Waals surface area contributed by atoms with Gasteiger partial charge in [0.15, 0.2) is 0 Å². The van der Waals surface area contributed by atoms with E-state index in [1.54, 1.807) is 0 Å². The molecule has 0 unspecified atom stereocenters. The fourth-order valence-electron chi connectivity index (χ4n) is 2.03. The lowest BCUT2D eigenvalue weighted by Crippen LogP contribution is -2.27. The van der Waals surface area contributed by atoms with E-state index in [0.717, 1.165) is 5.75 Å². The summed E-state index contributed by atoms with van der Waals surface area (Å²) in [6.45, 7) is 10.8. The monoisotopic (exact) mass is 216 g/mol. The van der Waals surface area contributed by atoms with Crippen LogP contribution in [0.4, 0.5) is 0 Å². The third-order valence-electron chi connectivity index (χ3n) is 3.06. The Balaban J connectivity index is 2.52. The summed E-state index contributed by atoms with van der Waals surface area (Å²) in [7, 11) is 0. The zero-order valence-electron chi connectivity index (χ0n) is 10.8. The van der Waals surface area contributed by atoms with E-state index >= 15 is 0 Å². The van der Waals surface area contributed by atoms with E-state index in [-0.39, 0.29) is 5.60 Å². The largest absolute Gasteiger partial charge is 0.483 e. The zero-order valence-corrected chi connectivity index (χ0v) is 10.8. The molecule has 0 amide bonds. The van der Waals surface area contributed by atoms with Crippen LogP contribution in [0.15, 0.2) is 18.2 Å². The van der Waals surface area contributed by atoms with Crippen LogP contribution in [-0.4, -0.2) is 5.60 Å². The third kappa shape index (κ3) is 1.99. The van der Waals surface area contributed by atoms with Crippen LogP contribution in [0, 0.1) is 6.92 Å². The molecule has 0 bridgehead atoms. The summed E-state index contributed by atoms with van der Waals surface area (Å²) in [6.07, 6.45) is 4.30. The number of hydrogen-bond donors (Lipinski definition) is 0. The van der Waals surface area contributed by atoms with Gasteiger partial charge in [0, 0.05) is 5.56 Å². The number of fused-ring (bicyclic) bond motifs is 1. The molecule has 1 nitrogen and oxygen atoms in total. The Kier molecular flexibility index (Phi) is 2.57. The first-order valence-electron chi connectivity index (χ1n) is 5.92. The van der Waals surface area contributed by atoms with E-state index < -0.39 is 0 Å². The minimum atomic E-state index is -0.185. The summed E-state index contributed by atoms with van der Waals surface area (Å²) in [5.41, 5.74) is 3.69. The summed E-state index contributed by atoms with van der Waals surface area (Å²) >= 11 is 0. The van der Waals surface area contributed by atoms with Gasteiger partial charge in [-0.25, -0.2) is 0 Å². The van der Waals surface area contributed by atoms with Gasteiger partial charge in [0.05, 0.1) is 0 Å². The minimum Gasteiger partial charge on any atom is -0.483 e. The lowest BCUT2D eigenvalue weighted by Gasteiger charge is -2.29. The highest BCUT2D eigenvalue weighted by Crippen LogP contribution is 2.35. The van der Waals surface area contributed by atoms with Gasteiger partial charge in [0.1, 0.15) is 11.4 Å². The molecule has 0 aromatic heterocycles. The predicted octanol–water partition coefficient (Wildman–Crippen LogP) is 4.30. The van der Waals surface area contributed by atoms with Crippen LogP contribution < -0.4 is 4.74 Å². The van der Waals surface area contributed by atoms with Gasteiger partial charge >= 0.3 is 0 Å². The number of hydrogen-bond acceptors (Lipinski definition) is 1. The van der Waals surface area contributed by atoms with Crippen LogP contribution in [-0.2, 0) is 0 Å². The maximum Gasteiger partial charge on any atom is 0.128 e. The van der Waals surface area contributed by atoms with Crippen molar-refractivity contribution in [2.75, 3.05) is 0 Å². The van der Waals surface area contributed by atoms with Gasteiger partial charge in [-0.3, -0.25) is 0 Å². The Labute approximate surface area is 98.1 Å². The van der Waals surface area contributed by atoms with Crippen molar-refractivity contribution in [3.8, 4) is 5.75 Å². The molecular weight excluding hydrogens is 196 g/mol. The highest BCUT2D eigenvalue weighted by atomic mass is 16.5. The number of ether oxygens (including phenoxy) is 1. The van der Waals surface area contributed by atoms with Crippen molar-refractivity contribution >= 4 is 6.08 Å². The zero-order chi connectivity index (χ0) is 11.9. The van der Waals surface area contributed by atoms with Gasteiger partial charge in [-0.05, 0) is 50.0 Å². The third-order valence-corrected chi connectivity index (χ3v) is 3.06. The van der Waals surface area contributed by atoms with Crippen molar-refractivity contribution in [2.45, 2.75) is 46.1 Å². The average Bonchev–Trinajstić information content (AvgIpc) is 2.14. The van der Waals surface area contributed by atoms with Crippen LogP contribution in [0.1, 0.15) is 50.3 Å². The second-order valence-electron chi connectivity index (χ2n) is 5.44. The molecule has 1 heterocycles. The van der Waals surface area contributed by atoms with E-state index in [4.69, 9.17) is 4.74 Å². The minimum absolute atomic E-state index is 0.185. The Hall–Kier alpha value is -1.24. The number of aryl methyl sites for hydroxylation is 1. The smallest absolute Gasteiger partial charge is 0.128 e. The lowest BCUT2D eigenvalue weighted by molar-refractivity contribution is 0.158. The van der Waals surface area contributed by atoms with Gasteiger partial charge in [0.2, 0.25) is 0 Å². The van der Waals surface area contributed by atoms with Crippen LogP contribution in [0.2, 0.25) is 0 Å². The molecule has 1 aliphatic rings. The highest BCUT2D eigenvalue weighted by Gasteiger charge is 2.23. The summed E-state index contributed by atoms with van der Waals surface area (Å²) in [4.78, 5) is 0. The maximum absolute atomic E-state index is 6.00. The SMILES string of the molecule is Cc1cc(C(C)C)cc2c1C=CC(C)(C)O2. The van der Waals surface area contributed by atoms with Crippen LogP contribution in [0.5, 0.6) is 5.75 Å². The molecule has 0 atom stereocenters. The molecule has 86 valence electrons. The van der Waals surface area contributed by atoms with E-state index in [2.05, 4.69) is 58.9 Å². The summed E-state index contributed by atoms with van der Waals surface area (Å²) < 4.78 is 6.00. The first kappa shape index (κ1) is 11.3. The van der Waals surface area contributed by atoms with Crippen molar-refractivity contribution in [1.82, 2.24) is 0 Å². The molecule has 2 rings (SSSR count). The molecule has 0 saturated carbocycles. The first-order valence-corrected chi connectivity index (χ1v) is 5.92. The summed E-state index contributed by atoms with van der Waals surface area (Å²) in [5, 5.41) is 0. The Morgan fingerprint density at radius 3 is 2.50 bits per heavy atom. The van der Waals surface area contributed by atoms with Crippen LogP contribution in [0.25, 0.3) is 6.08 Å². The van der Waals surface area contributed by atoms with Crippen molar-refractivity contribution in [2.24, 2.45) is 0 Å². The van der Waals surface area contributed by atoms with Gasteiger partial charge in [-0.15, -0.1) is 0 Å². The Bertz CT molecular complexity index is 439. The van der Waals surface area contributed by atoms with E-state index in [9.17, 15) is 0 Å². The van der Waals surface area contributed by atoms with Gasteiger partial charge < -0.3 is 4.74 Å². The van der Waals surface area contributed by atoms with Crippen molar-refractivity contribution in [3.63, 3.8) is 0 Å². The number of rotatable bonds is 1.